The highest BCUT2D eigenvalue weighted by Gasteiger charge is 2.09. The fourth-order valence-electron chi connectivity index (χ4n) is 2.43. The number of rotatable bonds is 6. The minimum Gasteiger partial charge on any atom is -0.483 e. The van der Waals surface area contributed by atoms with Crippen LogP contribution in [0.25, 0.3) is 11.5 Å². The van der Waals surface area contributed by atoms with Gasteiger partial charge in [-0.3, -0.25) is 4.79 Å². The van der Waals surface area contributed by atoms with Gasteiger partial charge in [0, 0.05) is 17.7 Å². The van der Waals surface area contributed by atoms with Crippen molar-refractivity contribution in [2.75, 3.05) is 11.9 Å². The first-order valence-electron chi connectivity index (χ1n) is 8.48. The highest BCUT2D eigenvalue weighted by atomic mass is 16.5. The zero-order chi connectivity index (χ0) is 18.5. The molecule has 0 aliphatic rings. The molecule has 2 aromatic carbocycles. The highest BCUT2D eigenvalue weighted by molar-refractivity contribution is 5.92. The predicted octanol–water partition coefficient (Wildman–Crippen LogP) is 3.93. The maximum atomic E-state index is 12.1. The Morgan fingerprint density at radius 3 is 2.62 bits per heavy atom. The monoisotopic (exact) mass is 351 g/mol. The van der Waals surface area contributed by atoms with E-state index in [1.54, 1.807) is 12.1 Å². The number of hydrogen-bond acceptors (Lipinski definition) is 5. The summed E-state index contributed by atoms with van der Waals surface area (Å²) in [7, 11) is 0. The van der Waals surface area contributed by atoms with Crippen LogP contribution in [0.15, 0.2) is 47.0 Å². The Kier molecular flexibility index (Phi) is 5.31. The van der Waals surface area contributed by atoms with E-state index in [1.165, 1.54) is 0 Å². The highest BCUT2D eigenvalue weighted by Crippen LogP contribution is 2.21. The number of aryl methyl sites for hydroxylation is 2. The van der Waals surface area contributed by atoms with E-state index in [9.17, 15) is 4.79 Å². The Morgan fingerprint density at radius 2 is 1.92 bits per heavy atom. The third-order valence-corrected chi connectivity index (χ3v) is 4.11. The minimum absolute atomic E-state index is 0.0461. The van der Waals surface area contributed by atoms with Gasteiger partial charge in [0.1, 0.15) is 5.75 Å². The fourth-order valence-corrected chi connectivity index (χ4v) is 2.43. The van der Waals surface area contributed by atoms with Crippen molar-refractivity contribution in [3.63, 3.8) is 0 Å². The number of ether oxygens (including phenoxy) is 1. The van der Waals surface area contributed by atoms with Crippen LogP contribution in [0.1, 0.15) is 23.9 Å². The molecule has 0 saturated carbocycles. The van der Waals surface area contributed by atoms with Crippen molar-refractivity contribution < 1.29 is 14.1 Å². The standard InChI is InChI=1S/C20H21N3O3/c1-4-18-22-20(26-23-18)15-8-10-16(11-9-15)21-19(24)12-25-17-7-5-6-13(2)14(17)3/h5-11H,4,12H2,1-3H3,(H,21,24). The quantitative estimate of drug-likeness (QED) is 0.728. The summed E-state index contributed by atoms with van der Waals surface area (Å²) in [5.41, 5.74) is 3.65. The van der Waals surface area contributed by atoms with Gasteiger partial charge in [-0.15, -0.1) is 0 Å². The summed E-state index contributed by atoms with van der Waals surface area (Å²) in [6.45, 7) is 5.91. The average molecular weight is 351 g/mol. The first-order chi connectivity index (χ1) is 12.6. The minimum atomic E-state index is -0.218. The van der Waals surface area contributed by atoms with Gasteiger partial charge in [-0.05, 0) is 55.3 Å². The third-order valence-electron chi connectivity index (χ3n) is 4.11. The lowest BCUT2D eigenvalue weighted by Gasteiger charge is -2.11. The molecular formula is C20H21N3O3. The van der Waals surface area contributed by atoms with Crippen molar-refractivity contribution in [3.8, 4) is 17.2 Å². The molecule has 0 saturated heterocycles. The maximum Gasteiger partial charge on any atom is 0.262 e. The van der Waals surface area contributed by atoms with Gasteiger partial charge in [0.05, 0.1) is 0 Å². The smallest absolute Gasteiger partial charge is 0.262 e. The van der Waals surface area contributed by atoms with Gasteiger partial charge >= 0.3 is 0 Å². The normalized spacial score (nSPS) is 10.6. The Labute approximate surface area is 152 Å². The van der Waals surface area contributed by atoms with Crippen molar-refractivity contribution in [1.82, 2.24) is 10.1 Å². The van der Waals surface area contributed by atoms with Crippen molar-refractivity contribution in [2.45, 2.75) is 27.2 Å². The maximum absolute atomic E-state index is 12.1. The number of nitrogens with one attached hydrogen (secondary N) is 1. The number of amides is 1. The van der Waals surface area contributed by atoms with Crippen LogP contribution in [0.2, 0.25) is 0 Å². The van der Waals surface area contributed by atoms with Gasteiger partial charge < -0.3 is 14.6 Å². The molecule has 3 rings (SSSR count). The van der Waals surface area contributed by atoms with Gasteiger partial charge in [0.2, 0.25) is 0 Å². The first kappa shape index (κ1) is 17.7. The number of hydrogen-bond donors (Lipinski definition) is 1. The Balaban J connectivity index is 1.58. The predicted molar refractivity (Wildman–Crippen MR) is 99.2 cm³/mol. The fraction of sp³-hybridized carbons (Fsp3) is 0.250. The number of aromatic nitrogens is 2. The zero-order valence-electron chi connectivity index (χ0n) is 15.1. The van der Waals surface area contributed by atoms with Crippen LogP contribution < -0.4 is 10.1 Å². The number of carbonyl (C=O) groups excluding carboxylic acids is 1. The molecule has 134 valence electrons. The molecule has 1 amide bonds. The molecule has 1 heterocycles. The zero-order valence-corrected chi connectivity index (χ0v) is 15.1. The molecular weight excluding hydrogens is 330 g/mol. The number of anilines is 1. The molecule has 0 unspecified atom stereocenters. The molecule has 1 aromatic heterocycles. The van der Waals surface area contributed by atoms with Gasteiger partial charge in [0.25, 0.3) is 11.8 Å². The van der Waals surface area contributed by atoms with E-state index in [-0.39, 0.29) is 12.5 Å². The van der Waals surface area contributed by atoms with Crippen LogP contribution in [-0.4, -0.2) is 22.7 Å². The third kappa shape index (κ3) is 4.08. The second-order valence-electron chi connectivity index (χ2n) is 5.98. The van der Waals surface area contributed by atoms with Crippen LogP contribution in [0.4, 0.5) is 5.69 Å². The molecule has 6 nitrogen and oxygen atoms in total. The SMILES string of the molecule is CCc1noc(-c2ccc(NC(=O)COc3cccc(C)c3C)cc2)n1. The molecule has 0 radical (unpaired) electrons. The van der Waals surface area contributed by atoms with E-state index in [1.807, 2.05) is 51.1 Å². The van der Waals surface area contributed by atoms with E-state index < -0.39 is 0 Å². The summed E-state index contributed by atoms with van der Waals surface area (Å²) in [5, 5.41) is 6.69. The Morgan fingerprint density at radius 1 is 1.15 bits per heavy atom. The molecule has 0 aliphatic carbocycles. The largest absolute Gasteiger partial charge is 0.483 e. The topological polar surface area (TPSA) is 77.2 Å². The second-order valence-corrected chi connectivity index (χ2v) is 5.98. The molecule has 26 heavy (non-hydrogen) atoms. The van der Waals surface area contributed by atoms with E-state index in [2.05, 4.69) is 15.5 Å². The van der Waals surface area contributed by atoms with Crippen LogP contribution in [-0.2, 0) is 11.2 Å². The Bertz CT molecular complexity index is 901. The molecule has 0 fully saturated rings. The summed E-state index contributed by atoms with van der Waals surface area (Å²) < 4.78 is 10.8. The van der Waals surface area contributed by atoms with Crippen LogP contribution in [0.5, 0.6) is 5.75 Å². The molecule has 6 heteroatoms. The molecule has 0 spiro atoms. The van der Waals surface area contributed by atoms with Crippen LogP contribution in [0, 0.1) is 13.8 Å². The van der Waals surface area contributed by atoms with Crippen molar-refractivity contribution in [3.05, 3.63) is 59.4 Å². The van der Waals surface area contributed by atoms with Gasteiger partial charge in [-0.25, -0.2) is 0 Å². The lowest BCUT2D eigenvalue weighted by Crippen LogP contribution is -2.20. The molecule has 0 aliphatic heterocycles. The second kappa shape index (κ2) is 7.82. The summed E-state index contributed by atoms with van der Waals surface area (Å²) >= 11 is 0. The van der Waals surface area contributed by atoms with E-state index >= 15 is 0 Å². The van der Waals surface area contributed by atoms with Crippen LogP contribution in [0.3, 0.4) is 0 Å². The van der Waals surface area contributed by atoms with Crippen molar-refractivity contribution in [1.29, 1.82) is 0 Å². The summed E-state index contributed by atoms with van der Waals surface area (Å²) in [6.07, 6.45) is 0.720. The van der Waals surface area contributed by atoms with Crippen molar-refractivity contribution >= 4 is 11.6 Å². The van der Waals surface area contributed by atoms with E-state index in [4.69, 9.17) is 9.26 Å². The molecule has 3 aromatic rings. The number of carbonyl (C=O) groups is 1. The molecule has 0 bridgehead atoms. The molecule has 0 atom stereocenters. The molecule has 1 N–H and O–H groups in total. The summed E-state index contributed by atoms with van der Waals surface area (Å²) in [5.74, 6) is 1.64. The van der Waals surface area contributed by atoms with Gasteiger partial charge in [-0.2, -0.15) is 4.98 Å². The van der Waals surface area contributed by atoms with Gasteiger partial charge in [0.15, 0.2) is 12.4 Å². The summed E-state index contributed by atoms with van der Waals surface area (Å²) in [6, 6.07) is 13.0. The first-order valence-corrected chi connectivity index (χ1v) is 8.48. The van der Waals surface area contributed by atoms with E-state index in [0.29, 0.717) is 17.4 Å². The number of nitrogens with zero attached hydrogens (tertiary/aromatic N) is 2. The van der Waals surface area contributed by atoms with Crippen LogP contribution >= 0.6 is 0 Å². The summed E-state index contributed by atoms with van der Waals surface area (Å²) in [4.78, 5) is 16.4. The van der Waals surface area contributed by atoms with E-state index in [0.717, 1.165) is 28.9 Å². The Hall–Kier alpha value is -3.15. The lowest BCUT2D eigenvalue weighted by molar-refractivity contribution is -0.118. The average Bonchev–Trinajstić information content (AvgIpc) is 3.13. The number of benzene rings is 2. The lowest BCUT2D eigenvalue weighted by atomic mass is 10.1. The van der Waals surface area contributed by atoms with Gasteiger partial charge in [-0.1, -0.05) is 24.2 Å². The van der Waals surface area contributed by atoms with Crippen molar-refractivity contribution in [2.24, 2.45) is 0 Å².